The van der Waals surface area contributed by atoms with Gasteiger partial charge in [-0.25, -0.2) is 4.79 Å². The number of phenolic OH excluding ortho intramolecular Hbond substituents is 1. The fourth-order valence-corrected chi connectivity index (χ4v) is 2.99. The van der Waals surface area contributed by atoms with E-state index in [1.54, 1.807) is 19.1 Å². The van der Waals surface area contributed by atoms with E-state index >= 15 is 0 Å². The van der Waals surface area contributed by atoms with Crippen LogP contribution in [0, 0.1) is 13.8 Å². The molecule has 1 aromatic rings. The number of nitrogens with zero attached hydrogens (tertiary/aromatic N) is 1. The molecule has 0 aliphatic heterocycles. The first-order valence-electron chi connectivity index (χ1n) is 5.60. The van der Waals surface area contributed by atoms with E-state index in [-0.39, 0.29) is 5.75 Å². The molecule has 90 valence electrons. The highest BCUT2D eigenvalue weighted by Crippen LogP contribution is 2.50. The van der Waals surface area contributed by atoms with Crippen molar-refractivity contribution in [2.24, 2.45) is 4.99 Å². The summed E-state index contributed by atoms with van der Waals surface area (Å²) in [7, 11) is 0. The molecule has 0 heterocycles. The minimum absolute atomic E-state index is 0.233. The lowest BCUT2D eigenvalue weighted by atomic mass is 9.70. The molecule has 4 heteroatoms. The van der Waals surface area contributed by atoms with Gasteiger partial charge in [-0.3, -0.25) is 0 Å². The van der Waals surface area contributed by atoms with Crippen molar-refractivity contribution in [2.75, 3.05) is 0 Å². The minimum Gasteiger partial charge on any atom is -0.507 e. The number of carbonyl (C=O) groups excluding carboxylic acids is 1. The van der Waals surface area contributed by atoms with Crippen LogP contribution in [0.1, 0.15) is 36.0 Å². The Kier molecular flexibility index (Phi) is 2.98. The molecule has 1 fully saturated rings. The van der Waals surface area contributed by atoms with E-state index in [2.05, 4.69) is 4.99 Å². The molecule has 0 amide bonds. The molecular formula is C13H14ClNO2. The third-order valence-electron chi connectivity index (χ3n) is 3.59. The van der Waals surface area contributed by atoms with Crippen molar-refractivity contribution >= 4 is 17.7 Å². The Morgan fingerprint density at radius 1 is 1.47 bits per heavy atom. The maximum Gasteiger partial charge on any atom is 0.235 e. The molecule has 2 rings (SSSR count). The van der Waals surface area contributed by atoms with Crippen molar-refractivity contribution in [1.29, 1.82) is 0 Å². The quantitative estimate of drug-likeness (QED) is 0.647. The number of hydrogen-bond acceptors (Lipinski definition) is 3. The zero-order valence-corrected chi connectivity index (χ0v) is 10.6. The SMILES string of the molecule is Cc1cc(Cl)c(C2(N=C=O)CCC2)c(C)c1O. The number of isocyanates is 1. The van der Waals surface area contributed by atoms with Crippen molar-refractivity contribution in [3.8, 4) is 5.75 Å². The van der Waals surface area contributed by atoms with Gasteiger partial charge in [0.2, 0.25) is 6.08 Å². The Morgan fingerprint density at radius 2 is 2.12 bits per heavy atom. The number of phenols is 1. The van der Waals surface area contributed by atoms with Crippen LogP contribution in [0.3, 0.4) is 0 Å². The van der Waals surface area contributed by atoms with Crippen molar-refractivity contribution in [2.45, 2.75) is 38.6 Å². The van der Waals surface area contributed by atoms with E-state index in [1.807, 2.05) is 6.92 Å². The Bertz CT molecular complexity index is 515. The van der Waals surface area contributed by atoms with E-state index in [4.69, 9.17) is 11.6 Å². The number of halogens is 1. The van der Waals surface area contributed by atoms with E-state index in [0.717, 1.165) is 30.4 Å². The summed E-state index contributed by atoms with van der Waals surface area (Å²) in [6.07, 6.45) is 4.21. The number of benzene rings is 1. The standard InChI is InChI=1S/C13H14ClNO2/c1-8-6-10(14)11(9(2)12(8)17)13(15-7-16)4-3-5-13/h6,17H,3-5H2,1-2H3. The van der Waals surface area contributed by atoms with Crippen LogP contribution < -0.4 is 0 Å². The summed E-state index contributed by atoms with van der Waals surface area (Å²) in [6, 6.07) is 1.72. The fraction of sp³-hybridized carbons (Fsp3) is 0.462. The van der Waals surface area contributed by atoms with Gasteiger partial charge in [0.05, 0.1) is 0 Å². The molecular weight excluding hydrogens is 238 g/mol. The maximum absolute atomic E-state index is 10.6. The highest BCUT2D eigenvalue weighted by Gasteiger charge is 2.42. The summed E-state index contributed by atoms with van der Waals surface area (Å²) in [5.41, 5.74) is 1.67. The topological polar surface area (TPSA) is 49.7 Å². The van der Waals surface area contributed by atoms with E-state index in [9.17, 15) is 9.90 Å². The zero-order valence-electron chi connectivity index (χ0n) is 9.88. The second kappa shape index (κ2) is 4.17. The lowest BCUT2D eigenvalue weighted by molar-refractivity contribution is 0.254. The van der Waals surface area contributed by atoms with Crippen LogP contribution in [0.25, 0.3) is 0 Å². The third kappa shape index (κ3) is 1.76. The van der Waals surface area contributed by atoms with Crippen molar-refractivity contribution < 1.29 is 9.90 Å². The largest absolute Gasteiger partial charge is 0.507 e. The highest BCUT2D eigenvalue weighted by atomic mass is 35.5. The summed E-state index contributed by atoms with van der Waals surface area (Å²) in [4.78, 5) is 14.5. The minimum atomic E-state index is -0.561. The van der Waals surface area contributed by atoms with Crippen LogP contribution in [0.4, 0.5) is 0 Å². The predicted octanol–water partition coefficient (Wildman–Crippen LogP) is 3.38. The van der Waals surface area contributed by atoms with Gasteiger partial charge in [0, 0.05) is 10.6 Å². The summed E-state index contributed by atoms with van der Waals surface area (Å²) < 4.78 is 0. The van der Waals surface area contributed by atoms with Gasteiger partial charge in [-0.05, 0) is 50.3 Å². The van der Waals surface area contributed by atoms with Crippen LogP contribution in [0.15, 0.2) is 11.1 Å². The van der Waals surface area contributed by atoms with Gasteiger partial charge in [-0.15, -0.1) is 0 Å². The Morgan fingerprint density at radius 3 is 2.59 bits per heavy atom. The lowest BCUT2D eigenvalue weighted by Crippen LogP contribution is -2.33. The van der Waals surface area contributed by atoms with Gasteiger partial charge in [-0.2, -0.15) is 4.99 Å². The first-order valence-corrected chi connectivity index (χ1v) is 5.98. The molecule has 3 nitrogen and oxygen atoms in total. The van der Waals surface area contributed by atoms with Gasteiger partial charge in [0.1, 0.15) is 11.3 Å². The summed E-state index contributed by atoms with van der Waals surface area (Å²) in [5.74, 6) is 0.233. The number of aryl methyl sites for hydroxylation is 1. The molecule has 1 saturated carbocycles. The first-order chi connectivity index (χ1) is 8.02. The third-order valence-corrected chi connectivity index (χ3v) is 3.89. The van der Waals surface area contributed by atoms with Gasteiger partial charge < -0.3 is 5.11 Å². The Balaban J connectivity index is 2.66. The second-order valence-corrected chi connectivity index (χ2v) is 5.02. The van der Waals surface area contributed by atoms with E-state index in [1.165, 1.54) is 0 Å². The smallest absolute Gasteiger partial charge is 0.235 e. The molecule has 1 aliphatic carbocycles. The number of aliphatic imine (C=N–C) groups is 1. The number of hydrogen-bond donors (Lipinski definition) is 1. The predicted molar refractivity (Wildman–Crippen MR) is 66.2 cm³/mol. The zero-order chi connectivity index (χ0) is 12.6. The summed E-state index contributed by atoms with van der Waals surface area (Å²) in [5, 5.41) is 10.5. The molecule has 0 radical (unpaired) electrons. The van der Waals surface area contributed by atoms with Gasteiger partial charge in [0.15, 0.2) is 0 Å². The molecule has 0 unspecified atom stereocenters. The molecule has 1 aromatic carbocycles. The van der Waals surface area contributed by atoms with Crippen LogP contribution in [0.5, 0.6) is 5.75 Å². The molecule has 0 aromatic heterocycles. The molecule has 1 aliphatic rings. The van der Waals surface area contributed by atoms with Crippen LogP contribution in [-0.2, 0) is 10.3 Å². The van der Waals surface area contributed by atoms with Crippen LogP contribution in [0.2, 0.25) is 5.02 Å². The number of rotatable bonds is 2. The molecule has 0 spiro atoms. The van der Waals surface area contributed by atoms with Crippen molar-refractivity contribution in [1.82, 2.24) is 0 Å². The van der Waals surface area contributed by atoms with Crippen LogP contribution >= 0.6 is 11.6 Å². The fourth-order valence-electron chi connectivity index (χ4n) is 2.51. The Hall–Kier alpha value is -1.31. The van der Waals surface area contributed by atoms with Crippen LogP contribution in [-0.4, -0.2) is 11.2 Å². The maximum atomic E-state index is 10.6. The van der Waals surface area contributed by atoms with Gasteiger partial charge >= 0.3 is 0 Å². The molecule has 17 heavy (non-hydrogen) atoms. The summed E-state index contributed by atoms with van der Waals surface area (Å²) >= 11 is 6.24. The van der Waals surface area contributed by atoms with Gasteiger partial charge in [0.25, 0.3) is 0 Å². The van der Waals surface area contributed by atoms with E-state index in [0.29, 0.717) is 10.6 Å². The Labute approximate surface area is 105 Å². The molecule has 0 atom stereocenters. The number of aromatic hydroxyl groups is 1. The normalized spacial score (nSPS) is 17.1. The lowest BCUT2D eigenvalue weighted by Gasteiger charge is -2.39. The molecule has 0 saturated heterocycles. The van der Waals surface area contributed by atoms with Crippen molar-refractivity contribution in [3.63, 3.8) is 0 Å². The summed E-state index contributed by atoms with van der Waals surface area (Å²) in [6.45, 7) is 3.61. The second-order valence-electron chi connectivity index (χ2n) is 4.61. The van der Waals surface area contributed by atoms with Crippen molar-refractivity contribution in [3.05, 3.63) is 27.8 Å². The monoisotopic (exact) mass is 251 g/mol. The highest BCUT2D eigenvalue weighted by molar-refractivity contribution is 6.31. The molecule has 0 bridgehead atoms. The van der Waals surface area contributed by atoms with E-state index < -0.39 is 5.54 Å². The average molecular weight is 252 g/mol. The average Bonchev–Trinajstić information content (AvgIpc) is 2.22. The first kappa shape index (κ1) is 12.2. The molecule has 1 N–H and O–H groups in total. The van der Waals surface area contributed by atoms with Gasteiger partial charge in [-0.1, -0.05) is 11.6 Å².